The fourth-order valence-corrected chi connectivity index (χ4v) is 4.83. The lowest BCUT2D eigenvalue weighted by Gasteiger charge is -2.22. The van der Waals surface area contributed by atoms with Gasteiger partial charge in [-0.2, -0.15) is 0 Å². The van der Waals surface area contributed by atoms with Crippen LogP contribution in [0.15, 0.2) is 51.7 Å². The van der Waals surface area contributed by atoms with E-state index in [9.17, 15) is 14.0 Å². The highest BCUT2D eigenvalue weighted by Gasteiger charge is 2.45. The zero-order chi connectivity index (χ0) is 21.7. The van der Waals surface area contributed by atoms with Crippen LogP contribution in [-0.4, -0.2) is 16.1 Å². The van der Waals surface area contributed by atoms with Gasteiger partial charge >= 0.3 is 0 Å². The normalized spacial score (nSPS) is 15.6. The van der Waals surface area contributed by atoms with E-state index in [0.717, 1.165) is 35.0 Å². The number of hydrogen-bond donors (Lipinski definition) is 0. The minimum absolute atomic E-state index is 0.0399. The minimum atomic E-state index is -0.727. The number of aromatic nitrogens is 2. The maximum absolute atomic E-state index is 13.9. The van der Waals surface area contributed by atoms with Crippen molar-refractivity contribution in [3.8, 4) is 0 Å². The van der Waals surface area contributed by atoms with E-state index in [1.807, 2.05) is 38.1 Å². The summed E-state index contributed by atoms with van der Waals surface area (Å²) >= 11 is 1.32. The van der Waals surface area contributed by atoms with Gasteiger partial charge in [0, 0.05) is 6.42 Å². The monoisotopic (exact) mass is 435 g/mol. The molecule has 0 aliphatic carbocycles. The average molecular weight is 435 g/mol. The summed E-state index contributed by atoms with van der Waals surface area (Å²) in [4.78, 5) is 28.3. The predicted octanol–water partition coefficient (Wildman–Crippen LogP) is 4.79. The minimum Gasteiger partial charge on any atom is -0.450 e. The van der Waals surface area contributed by atoms with E-state index in [0.29, 0.717) is 5.13 Å². The predicted molar refractivity (Wildman–Crippen MR) is 116 cm³/mol. The van der Waals surface area contributed by atoms with Crippen LogP contribution in [0, 0.1) is 12.7 Å². The molecule has 5 rings (SSSR count). The topological polar surface area (TPSA) is 76.3 Å². The van der Waals surface area contributed by atoms with Crippen LogP contribution in [0.1, 0.15) is 51.6 Å². The first-order chi connectivity index (χ1) is 15.0. The highest BCUT2D eigenvalue weighted by Crippen LogP contribution is 2.42. The van der Waals surface area contributed by atoms with Gasteiger partial charge < -0.3 is 4.42 Å². The van der Waals surface area contributed by atoms with Crippen molar-refractivity contribution in [1.82, 2.24) is 10.2 Å². The van der Waals surface area contributed by atoms with Crippen molar-refractivity contribution in [2.75, 3.05) is 4.90 Å². The van der Waals surface area contributed by atoms with Crippen LogP contribution in [0.2, 0.25) is 0 Å². The molecule has 8 heteroatoms. The highest BCUT2D eigenvalue weighted by atomic mass is 32.1. The molecule has 0 saturated heterocycles. The second-order valence-corrected chi connectivity index (χ2v) is 8.57. The van der Waals surface area contributed by atoms with Crippen LogP contribution in [-0.2, 0) is 6.42 Å². The Morgan fingerprint density at radius 2 is 1.90 bits per heavy atom. The first kappa shape index (κ1) is 19.6. The summed E-state index contributed by atoms with van der Waals surface area (Å²) in [6, 6.07) is 10.6. The summed E-state index contributed by atoms with van der Waals surface area (Å²) in [5.41, 5.74) is 1.74. The van der Waals surface area contributed by atoms with Gasteiger partial charge in [-0.25, -0.2) is 4.39 Å². The maximum atomic E-state index is 13.9. The van der Waals surface area contributed by atoms with Gasteiger partial charge in [-0.3, -0.25) is 14.5 Å². The smallest absolute Gasteiger partial charge is 0.297 e. The first-order valence-electron chi connectivity index (χ1n) is 9.96. The Hall–Kier alpha value is -3.39. The molecule has 0 unspecified atom stereocenters. The van der Waals surface area contributed by atoms with E-state index in [-0.39, 0.29) is 22.3 Å². The maximum Gasteiger partial charge on any atom is 0.297 e. The number of anilines is 1. The number of rotatable bonds is 4. The quantitative estimate of drug-likeness (QED) is 0.460. The Morgan fingerprint density at radius 3 is 2.65 bits per heavy atom. The molecule has 4 aromatic rings. The van der Waals surface area contributed by atoms with E-state index in [1.54, 1.807) is 0 Å². The Kier molecular flexibility index (Phi) is 4.66. The molecular formula is C23H18FN3O3S. The third-order valence-electron chi connectivity index (χ3n) is 5.35. The van der Waals surface area contributed by atoms with Crippen LogP contribution in [0.25, 0.3) is 11.0 Å². The summed E-state index contributed by atoms with van der Waals surface area (Å²) < 4.78 is 19.7. The third kappa shape index (κ3) is 3.14. The summed E-state index contributed by atoms with van der Waals surface area (Å²) in [7, 11) is 0. The van der Waals surface area contributed by atoms with Crippen LogP contribution in [0.5, 0.6) is 0 Å². The molecule has 3 heterocycles. The van der Waals surface area contributed by atoms with E-state index in [1.165, 1.54) is 28.4 Å². The third-order valence-corrected chi connectivity index (χ3v) is 6.33. The number of amides is 1. The SMILES string of the molecule is CCCc1nnc(N2C(=O)c3oc4ccc(F)cc4c(=O)c3[C@@H]2c2ccc(C)cc2)s1. The number of hydrogen-bond acceptors (Lipinski definition) is 6. The Balaban J connectivity index is 1.77. The van der Waals surface area contributed by atoms with Gasteiger partial charge in [0.1, 0.15) is 16.4 Å². The number of carbonyl (C=O) groups is 1. The zero-order valence-corrected chi connectivity index (χ0v) is 17.7. The van der Waals surface area contributed by atoms with E-state index in [2.05, 4.69) is 10.2 Å². The molecule has 0 fully saturated rings. The van der Waals surface area contributed by atoms with Crippen molar-refractivity contribution in [3.05, 3.63) is 86.0 Å². The van der Waals surface area contributed by atoms with Crippen molar-refractivity contribution in [2.24, 2.45) is 0 Å². The molecule has 0 saturated carbocycles. The lowest BCUT2D eigenvalue weighted by Crippen LogP contribution is -2.29. The highest BCUT2D eigenvalue weighted by molar-refractivity contribution is 7.15. The zero-order valence-electron chi connectivity index (χ0n) is 16.9. The van der Waals surface area contributed by atoms with Crippen LogP contribution >= 0.6 is 11.3 Å². The molecule has 1 atom stereocenters. The average Bonchev–Trinajstić information content (AvgIpc) is 3.32. The van der Waals surface area contributed by atoms with E-state index < -0.39 is 23.2 Å². The Morgan fingerprint density at radius 1 is 1.13 bits per heavy atom. The lowest BCUT2D eigenvalue weighted by molar-refractivity contribution is 0.0970. The first-order valence-corrected chi connectivity index (χ1v) is 10.8. The molecular weight excluding hydrogens is 417 g/mol. The number of carbonyl (C=O) groups excluding carboxylic acids is 1. The molecule has 0 N–H and O–H groups in total. The second kappa shape index (κ2) is 7.39. The van der Waals surface area contributed by atoms with Crippen LogP contribution in [0.4, 0.5) is 9.52 Å². The molecule has 6 nitrogen and oxygen atoms in total. The van der Waals surface area contributed by atoms with Gasteiger partial charge in [0.2, 0.25) is 10.9 Å². The van der Waals surface area contributed by atoms with Crippen molar-refractivity contribution in [3.63, 3.8) is 0 Å². The van der Waals surface area contributed by atoms with Gasteiger partial charge in [-0.05, 0) is 37.1 Å². The van der Waals surface area contributed by atoms with Crippen molar-refractivity contribution < 1.29 is 13.6 Å². The fourth-order valence-electron chi connectivity index (χ4n) is 3.86. The number of aryl methyl sites for hydroxylation is 2. The van der Waals surface area contributed by atoms with Gasteiger partial charge in [-0.15, -0.1) is 10.2 Å². The van der Waals surface area contributed by atoms with E-state index in [4.69, 9.17) is 4.42 Å². The number of fused-ring (bicyclic) bond motifs is 2. The summed E-state index contributed by atoms with van der Waals surface area (Å²) in [6.45, 7) is 4.00. The molecule has 31 heavy (non-hydrogen) atoms. The molecule has 2 aromatic carbocycles. The molecule has 2 aromatic heterocycles. The number of benzene rings is 2. The Bertz CT molecular complexity index is 1380. The fraction of sp³-hybridized carbons (Fsp3) is 0.217. The standard InChI is InChI=1S/C23H18FN3O3S/c1-3-4-17-25-26-23(31-17)27-19(13-7-5-12(2)6-8-13)18-20(28)15-11-14(24)9-10-16(15)30-21(18)22(27)29/h5-11,19H,3-4H2,1-2H3/t19-/m0/s1. The molecule has 0 bridgehead atoms. The van der Waals surface area contributed by atoms with E-state index >= 15 is 0 Å². The summed E-state index contributed by atoms with van der Waals surface area (Å²) in [6.07, 6.45) is 1.66. The van der Waals surface area contributed by atoms with Crippen molar-refractivity contribution in [1.29, 1.82) is 0 Å². The summed E-state index contributed by atoms with van der Waals surface area (Å²) in [5, 5.41) is 9.75. The molecule has 1 aliphatic heterocycles. The largest absolute Gasteiger partial charge is 0.450 e. The van der Waals surface area contributed by atoms with Gasteiger partial charge in [-0.1, -0.05) is 48.1 Å². The van der Waals surface area contributed by atoms with Crippen molar-refractivity contribution >= 4 is 33.3 Å². The van der Waals surface area contributed by atoms with Gasteiger partial charge in [0.05, 0.1) is 17.0 Å². The lowest BCUT2D eigenvalue weighted by atomic mass is 9.98. The number of nitrogens with zero attached hydrogens (tertiary/aromatic N) is 3. The van der Waals surface area contributed by atoms with Gasteiger partial charge in [0.15, 0.2) is 5.43 Å². The molecule has 156 valence electrons. The molecule has 1 amide bonds. The molecule has 1 aliphatic rings. The Labute approximate surface area is 181 Å². The summed E-state index contributed by atoms with van der Waals surface area (Å²) in [5.74, 6) is -1.04. The van der Waals surface area contributed by atoms with Gasteiger partial charge in [0.25, 0.3) is 5.91 Å². The second-order valence-electron chi connectivity index (χ2n) is 7.53. The molecule has 0 spiro atoms. The van der Waals surface area contributed by atoms with Crippen LogP contribution < -0.4 is 10.3 Å². The number of halogens is 1. The van der Waals surface area contributed by atoms with Crippen LogP contribution in [0.3, 0.4) is 0 Å². The molecule has 0 radical (unpaired) electrons. The van der Waals surface area contributed by atoms with Crippen molar-refractivity contribution in [2.45, 2.75) is 32.7 Å².